The van der Waals surface area contributed by atoms with Gasteiger partial charge < -0.3 is 9.26 Å². The predicted octanol–water partition coefficient (Wildman–Crippen LogP) is 1.17. The summed E-state index contributed by atoms with van der Waals surface area (Å²) in [6, 6.07) is 0. The molecule has 2 fully saturated rings. The van der Waals surface area contributed by atoms with Crippen molar-refractivity contribution in [1.29, 1.82) is 0 Å². The van der Waals surface area contributed by atoms with Crippen molar-refractivity contribution in [2.24, 2.45) is 0 Å². The number of rotatable bonds is 5. The highest BCUT2D eigenvalue weighted by Crippen LogP contribution is 2.33. The molecule has 1 aromatic heterocycles. The van der Waals surface area contributed by atoms with Gasteiger partial charge in [0.15, 0.2) is 5.76 Å². The van der Waals surface area contributed by atoms with Crippen molar-refractivity contribution < 1.29 is 17.7 Å². The molecule has 0 aliphatic carbocycles. The summed E-state index contributed by atoms with van der Waals surface area (Å²) in [7, 11) is -3.63. The molecule has 2 aliphatic heterocycles. The number of nitrogens with zero attached hydrogens (tertiary/aromatic N) is 2. The molecule has 0 saturated carbocycles. The van der Waals surface area contributed by atoms with Gasteiger partial charge in [0.2, 0.25) is 10.0 Å². The van der Waals surface area contributed by atoms with E-state index >= 15 is 0 Å². The van der Waals surface area contributed by atoms with Crippen LogP contribution < -0.4 is 4.72 Å². The Balaban J connectivity index is 1.78. The van der Waals surface area contributed by atoms with Crippen LogP contribution >= 0.6 is 11.8 Å². The standard InChI is InChI=1S/C15H25N3O4S2/c1-12-14(13(2)22-17-12)24(19,20)16-11-15(3-9-23-10-4-15)18-5-7-21-8-6-18/h16H,3-11H2,1-2H3. The quantitative estimate of drug-likeness (QED) is 0.827. The Hall–Kier alpha value is -0.610. The second kappa shape index (κ2) is 7.33. The van der Waals surface area contributed by atoms with Crippen LogP contribution in [0.3, 0.4) is 0 Å². The molecule has 1 N–H and O–H groups in total. The van der Waals surface area contributed by atoms with Gasteiger partial charge in [-0.25, -0.2) is 13.1 Å². The van der Waals surface area contributed by atoms with Crippen LogP contribution in [0.25, 0.3) is 0 Å². The van der Waals surface area contributed by atoms with E-state index in [1.807, 2.05) is 11.8 Å². The molecule has 24 heavy (non-hydrogen) atoms. The molecule has 0 bridgehead atoms. The van der Waals surface area contributed by atoms with Gasteiger partial charge in [-0.2, -0.15) is 11.8 Å². The van der Waals surface area contributed by atoms with Crippen molar-refractivity contribution in [3.8, 4) is 0 Å². The van der Waals surface area contributed by atoms with E-state index in [2.05, 4.69) is 14.8 Å². The maximum atomic E-state index is 12.7. The number of aryl methyl sites for hydroxylation is 2. The zero-order valence-corrected chi connectivity index (χ0v) is 15.8. The van der Waals surface area contributed by atoms with E-state index < -0.39 is 10.0 Å². The van der Waals surface area contributed by atoms with Gasteiger partial charge in [-0.1, -0.05) is 5.16 Å². The first-order valence-electron chi connectivity index (χ1n) is 8.28. The summed E-state index contributed by atoms with van der Waals surface area (Å²) in [4.78, 5) is 2.58. The minimum absolute atomic E-state index is 0.124. The lowest BCUT2D eigenvalue weighted by atomic mass is 9.89. The second-order valence-electron chi connectivity index (χ2n) is 6.41. The van der Waals surface area contributed by atoms with Crippen LogP contribution in [0, 0.1) is 13.8 Å². The first kappa shape index (κ1) is 18.2. The van der Waals surface area contributed by atoms with Crippen LogP contribution in [0.2, 0.25) is 0 Å². The summed E-state index contributed by atoms with van der Waals surface area (Å²) < 4.78 is 38.8. The number of sulfonamides is 1. The summed E-state index contributed by atoms with van der Waals surface area (Å²) in [6.45, 7) is 6.84. The van der Waals surface area contributed by atoms with E-state index in [0.717, 1.165) is 37.4 Å². The molecule has 0 unspecified atom stereocenters. The first-order valence-corrected chi connectivity index (χ1v) is 10.9. The van der Waals surface area contributed by atoms with E-state index in [9.17, 15) is 8.42 Å². The van der Waals surface area contributed by atoms with E-state index in [0.29, 0.717) is 31.2 Å². The molecule has 3 heterocycles. The highest BCUT2D eigenvalue weighted by atomic mass is 32.2. The molecular formula is C15H25N3O4S2. The maximum Gasteiger partial charge on any atom is 0.246 e. The molecule has 2 aliphatic rings. The Bertz CT molecular complexity index is 643. The SMILES string of the molecule is Cc1noc(C)c1S(=O)(=O)NCC1(N2CCOCC2)CCSCC1. The van der Waals surface area contributed by atoms with Crippen LogP contribution in [-0.2, 0) is 14.8 Å². The van der Waals surface area contributed by atoms with Crippen LogP contribution in [0.15, 0.2) is 9.42 Å². The van der Waals surface area contributed by atoms with Crippen molar-refractivity contribution in [3.05, 3.63) is 11.5 Å². The van der Waals surface area contributed by atoms with Crippen molar-refractivity contribution in [3.63, 3.8) is 0 Å². The Kier molecular flexibility index (Phi) is 5.55. The Morgan fingerprint density at radius 1 is 1.25 bits per heavy atom. The molecule has 3 rings (SSSR count). The monoisotopic (exact) mass is 375 g/mol. The normalized spacial score (nSPS) is 22.6. The third kappa shape index (κ3) is 3.65. The van der Waals surface area contributed by atoms with Crippen LogP contribution in [-0.4, -0.2) is 68.4 Å². The van der Waals surface area contributed by atoms with E-state index in [1.165, 1.54) is 0 Å². The molecule has 0 amide bonds. The van der Waals surface area contributed by atoms with Crippen LogP contribution in [0.1, 0.15) is 24.3 Å². The number of thioether (sulfide) groups is 1. The lowest BCUT2D eigenvalue weighted by molar-refractivity contribution is -0.0242. The molecule has 7 nitrogen and oxygen atoms in total. The third-order valence-corrected chi connectivity index (χ3v) is 7.56. The summed E-state index contributed by atoms with van der Waals surface area (Å²) >= 11 is 1.94. The lowest BCUT2D eigenvalue weighted by Gasteiger charge is -2.47. The number of hydrogen-bond donors (Lipinski definition) is 1. The zero-order chi connectivity index (χ0) is 17.2. The van der Waals surface area contributed by atoms with Gasteiger partial charge in [0.05, 0.1) is 13.2 Å². The molecular weight excluding hydrogens is 350 g/mol. The Labute approximate surface area is 147 Å². The number of morpholine rings is 1. The minimum Gasteiger partial charge on any atom is -0.379 e. The van der Waals surface area contributed by atoms with Gasteiger partial charge in [-0.3, -0.25) is 4.90 Å². The van der Waals surface area contributed by atoms with Crippen LogP contribution in [0.4, 0.5) is 0 Å². The molecule has 0 radical (unpaired) electrons. The van der Waals surface area contributed by atoms with Crippen molar-refractivity contribution in [1.82, 2.24) is 14.8 Å². The molecule has 2 saturated heterocycles. The summed E-state index contributed by atoms with van der Waals surface area (Å²) in [5, 5.41) is 3.76. The van der Waals surface area contributed by atoms with E-state index in [-0.39, 0.29) is 10.4 Å². The predicted molar refractivity (Wildman–Crippen MR) is 92.8 cm³/mol. The largest absolute Gasteiger partial charge is 0.379 e. The highest BCUT2D eigenvalue weighted by Gasteiger charge is 2.40. The highest BCUT2D eigenvalue weighted by molar-refractivity contribution is 7.99. The molecule has 0 aromatic carbocycles. The fraction of sp³-hybridized carbons (Fsp3) is 0.800. The molecule has 1 aromatic rings. The molecule has 136 valence electrons. The van der Waals surface area contributed by atoms with Crippen molar-refractivity contribution in [2.45, 2.75) is 37.1 Å². The minimum atomic E-state index is -3.63. The van der Waals surface area contributed by atoms with Gasteiger partial charge in [-0.05, 0) is 38.2 Å². The van der Waals surface area contributed by atoms with Gasteiger partial charge in [0, 0.05) is 25.2 Å². The summed E-state index contributed by atoms with van der Waals surface area (Å²) in [5.74, 6) is 2.45. The van der Waals surface area contributed by atoms with Gasteiger partial charge in [0.25, 0.3) is 0 Å². The van der Waals surface area contributed by atoms with Crippen molar-refractivity contribution >= 4 is 21.8 Å². The van der Waals surface area contributed by atoms with E-state index in [4.69, 9.17) is 9.26 Å². The molecule has 0 atom stereocenters. The summed E-state index contributed by atoms with van der Waals surface area (Å²) in [5.41, 5.74) is 0.278. The van der Waals surface area contributed by atoms with Gasteiger partial charge in [-0.15, -0.1) is 0 Å². The fourth-order valence-corrected chi connectivity index (χ4v) is 6.25. The number of hydrogen-bond acceptors (Lipinski definition) is 7. The molecule has 9 heteroatoms. The number of ether oxygens (including phenoxy) is 1. The average molecular weight is 376 g/mol. The Morgan fingerprint density at radius 3 is 2.50 bits per heavy atom. The topological polar surface area (TPSA) is 84.7 Å². The second-order valence-corrected chi connectivity index (χ2v) is 9.34. The third-order valence-electron chi connectivity index (χ3n) is 4.93. The Morgan fingerprint density at radius 2 is 1.92 bits per heavy atom. The number of aromatic nitrogens is 1. The fourth-order valence-electron chi connectivity index (χ4n) is 3.55. The average Bonchev–Trinajstić information content (AvgIpc) is 2.94. The van der Waals surface area contributed by atoms with Gasteiger partial charge >= 0.3 is 0 Å². The maximum absolute atomic E-state index is 12.7. The van der Waals surface area contributed by atoms with Crippen LogP contribution in [0.5, 0.6) is 0 Å². The van der Waals surface area contributed by atoms with E-state index in [1.54, 1.807) is 13.8 Å². The van der Waals surface area contributed by atoms with Crippen molar-refractivity contribution in [2.75, 3.05) is 44.4 Å². The summed E-state index contributed by atoms with van der Waals surface area (Å²) in [6.07, 6.45) is 1.98. The smallest absolute Gasteiger partial charge is 0.246 e. The lowest BCUT2D eigenvalue weighted by Crippen LogP contribution is -2.60. The number of nitrogens with one attached hydrogen (secondary N) is 1. The van der Waals surface area contributed by atoms with Gasteiger partial charge in [0.1, 0.15) is 10.6 Å². The first-order chi connectivity index (χ1) is 11.4. The zero-order valence-electron chi connectivity index (χ0n) is 14.2. The molecule has 0 spiro atoms.